The van der Waals surface area contributed by atoms with Crippen molar-refractivity contribution >= 4 is 16.8 Å². The number of hydrogen-bond acceptors (Lipinski definition) is 3. The lowest BCUT2D eigenvalue weighted by atomic mass is 10.0. The van der Waals surface area contributed by atoms with Crippen LogP contribution in [0, 0.1) is 0 Å². The van der Waals surface area contributed by atoms with Crippen molar-refractivity contribution in [3.63, 3.8) is 0 Å². The first kappa shape index (κ1) is 10.8. The van der Waals surface area contributed by atoms with Gasteiger partial charge >= 0.3 is 0 Å². The number of ketones is 1. The van der Waals surface area contributed by atoms with Gasteiger partial charge in [0, 0.05) is 7.05 Å². The Hall–Kier alpha value is -1.68. The number of imidazole rings is 1. The standard InChI is InChI=1S/C12H15N3O/c1-8(16)12(13-2)9-4-5-11-10(6-9)14-7-15(11)3/h4-7,12-13H,1-3H3. The number of nitrogens with one attached hydrogen (secondary N) is 1. The molecule has 0 amide bonds. The predicted molar refractivity (Wildman–Crippen MR) is 63.2 cm³/mol. The molecule has 0 aliphatic rings. The van der Waals surface area contributed by atoms with Crippen LogP contribution in [-0.2, 0) is 11.8 Å². The molecule has 0 fully saturated rings. The van der Waals surface area contributed by atoms with Gasteiger partial charge in [0.25, 0.3) is 0 Å². The van der Waals surface area contributed by atoms with Gasteiger partial charge in [0.2, 0.25) is 0 Å². The maximum atomic E-state index is 11.4. The van der Waals surface area contributed by atoms with Crippen molar-refractivity contribution in [2.75, 3.05) is 7.05 Å². The van der Waals surface area contributed by atoms with Crippen molar-refractivity contribution in [1.82, 2.24) is 14.9 Å². The average molecular weight is 217 g/mol. The minimum absolute atomic E-state index is 0.109. The number of carbonyl (C=O) groups excluding carboxylic acids is 1. The van der Waals surface area contributed by atoms with Crippen molar-refractivity contribution in [3.8, 4) is 0 Å². The van der Waals surface area contributed by atoms with E-state index in [2.05, 4.69) is 10.3 Å². The van der Waals surface area contributed by atoms with Crippen LogP contribution in [0.5, 0.6) is 0 Å². The van der Waals surface area contributed by atoms with Crippen molar-refractivity contribution in [2.24, 2.45) is 7.05 Å². The van der Waals surface area contributed by atoms with E-state index in [1.54, 1.807) is 20.3 Å². The zero-order chi connectivity index (χ0) is 11.7. The molecule has 0 radical (unpaired) electrons. The van der Waals surface area contributed by atoms with Gasteiger partial charge in [-0.2, -0.15) is 0 Å². The first-order valence-electron chi connectivity index (χ1n) is 5.22. The largest absolute Gasteiger partial charge is 0.334 e. The fourth-order valence-corrected chi connectivity index (χ4v) is 1.94. The fourth-order valence-electron chi connectivity index (χ4n) is 1.94. The highest BCUT2D eigenvalue weighted by Crippen LogP contribution is 2.19. The van der Waals surface area contributed by atoms with E-state index in [0.717, 1.165) is 16.6 Å². The van der Waals surface area contributed by atoms with Gasteiger partial charge in [-0.15, -0.1) is 0 Å². The first-order valence-corrected chi connectivity index (χ1v) is 5.22. The van der Waals surface area contributed by atoms with E-state index in [1.165, 1.54) is 0 Å². The fraction of sp³-hybridized carbons (Fsp3) is 0.333. The molecule has 1 heterocycles. The highest BCUT2D eigenvalue weighted by atomic mass is 16.1. The second-order valence-corrected chi connectivity index (χ2v) is 3.94. The van der Waals surface area contributed by atoms with Gasteiger partial charge in [0.15, 0.2) is 5.78 Å². The summed E-state index contributed by atoms with van der Waals surface area (Å²) in [5.74, 6) is 0.109. The number of hydrogen-bond donors (Lipinski definition) is 1. The molecule has 1 atom stereocenters. The van der Waals surface area contributed by atoms with E-state index < -0.39 is 0 Å². The molecule has 0 aliphatic carbocycles. The van der Waals surface area contributed by atoms with E-state index in [4.69, 9.17) is 0 Å². The number of Topliss-reactive ketones (excluding diaryl/α,β-unsaturated/α-hetero) is 1. The van der Waals surface area contributed by atoms with Crippen LogP contribution in [0.2, 0.25) is 0 Å². The maximum absolute atomic E-state index is 11.4. The molecular formula is C12H15N3O. The van der Waals surface area contributed by atoms with Crippen LogP contribution in [0.1, 0.15) is 18.5 Å². The number of likely N-dealkylation sites (N-methyl/N-ethyl adjacent to an activating group) is 1. The topological polar surface area (TPSA) is 46.9 Å². The highest BCUT2D eigenvalue weighted by Gasteiger charge is 2.14. The second kappa shape index (κ2) is 4.06. The van der Waals surface area contributed by atoms with E-state index in [9.17, 15) is 4.79 Å². The maximum Gasteiger partial charge on any atom is 0.151 e. The van der Waals surface area contributed by atoms with Gasteiger partial charge in [-0.25, -0.2) is 4.98 Å². The van der Waals surface area contributed by atoms with Crippen molar-refractivity contribution in [3.05, 3.63) is 30.1 Å². The number of nitrogens with zero attached hydrogens (tertiary/aromatic N) is 2. The Bertz CT molecular complexity index is 530. The number of aryl methyl sites for hydroxylation is 1. The number of rotatable bonds is 3. The molecule has 4 heteroatoms. The summed E-state index contributed by atoms with van der Waals surface area (Å²) in [7, 11) is 3.74. The van der Waals surface area contributed by atoms with E-state index in [-0.39, 0.29) is 11.8 Å². The predicted octanol–water partition coefficient (Wildman–Crippen LogP) is 1.42. The van der Waals surface area contributed by atoms with Crippen LogP contribution >= 0.6 is 0 Å². The molecule has 1 aromatic carbocycles. The van der Waals surface area contributed by atoms with Gasteiger partial charge < -0.3 is 9.88 Å². The molecule has 84 valence electrons. The van der Waals surface area contributed by atoms with Crippen LogP contribution in [0.4, 0.5) is 0 Å². The van der Waals surface area contributed by atoms with Crippen molar-refractivity contribution in [2.45, 2.75) is 13.0 Å². The molecule has 0 bridgehead atoms. The monoisotopic (exact) mass is 217 g/mol. The summed E-state index contributed by atoms with van der Waals surface area (Å²) >= 11 is 0. The molecule has 2 rings (SSSR count). The number of benzene rings is 1. The smallest absolute Gasteiger partial charge is 0.151 e. The van der Waals surface area contributed by atoms with Crippen LogP contribution in [0.15, 0.2) is 24.5 Å². The minimum atomic E-state index is -0.244. The normalized spacial score (nSPS) is 12.9. The number of aromatic nitrogens is 2. The van der Waals surface area contributed by atoms with E-state index in [0.29, 0.717) is 0 Å². The Balaban J connectivity index is 2.50. The Kier molecular flexibility index (Phi) is 2.75. The lowest BCUT2D eigenvalue weighted by Crippen LogP contribution is -2.23. The Morgan fingerprint density at radius 2 is 2.25 bits per heavy atom. The molecule has 0 spiro atoms. The Labute approximate surface area is 94.3 Å². The lowest BCUT2D eigenvalue weighted by Gasteiger charge is -2.12. The van der Waals surface area contributed by atoms with Crippen molar-refractivity contribution in [1.29, 1.82) is 0 Å². The summed E-state index contributed by atoms with van der Waals surface area (Å²) in [6.07, 6.45) is 1.77. The second-order valence-electron chi connectivity index (χ2n) is 3.94. The zero-order valence-electron chi connectivity index (χ0n) is 9.69. The van der Waals surface area contributed by atoms with Gasteiger partial charge in [-0.3, -0.25) is 4.79 Å². The quantitative estimate of drug-likeness (QED) is 0.845. The molecule has 4 nitrogen and oxygen atoms in total. The van der Waals surface area contributed by atoms with Crippen LogP contribution in [0.3, 0.4) is 0 Å². The minimum Gasteiger partial charge on any atom is -0.334 e. The number of fused-ring (bicyclic) bond motifs is 1. The molecular weight excluding hydrogens is 202 g/mol. The summed E-state index contributed by atoms with van der Waals surface area (Å²) in [4.78, 5) is 15.7. The van der Waals surface area contributed by atoms with E-state index >= 15 is 0 Å². The van der Waals surface area contributed by atoms with Crippen LogP contribution < -0.4 is 5.32 Å². The highest BCUT2D eigenvalue weighted by molar-refractivity contribution is 5.85. The van der Waals surface area contributed by atoms with Crippen LogP contribution in [0.25, 0.3) is 11.0 Å². The third kappa shape index (κ3) is 1.72. The van der Waals surface area contributed by atoms with Gasteiger partial charge in [0.1, 0.15) is 0 Å². The van der Waals surface area contributed by atoms with Gasteiger partial charge in [-0.1, -0.05) is 6.07 Å². The molecule has 16 heavy (non-hydrogen) atoms. The lowest BCUT2D eigenvalue weighted by molar-refractivity contribution is -0.119. The van der Waals surface area contributed by atoms with Gasteiger partial charge in [-0.05, 0) is 31.7 Å². The summed E-state index contributed by atoms with van der Waals surface area (Å²) in [6, 6.07) is 5.67. The Morgan fingerprint density at radius 3 is 2.88 bits per heavy atom. The summed E-state index contributed by atoms with van der Waals surface area (Å²) in [6.45, 7) is 1.59. The first-order chi connectivity index (χ1) is 7.63. The molecule has 0 saturated heterocycles. The molecule has 1 unspecified atom stereocenters. The number of carbonyl (C=O) groups is 1. The SMILES string of the molecule is CNC(C(C)=O)c1ccc2c(c1)ncn2C. The van der Waals surface area contributed by atoms with E-state index in [1.807, 2.05) is 29.8 Å². The molecule has 0 aliphatic heterocycles. The summed E-state index contributed by atoms with van der Waals surface area (Å²) in [5.41, 5.74) is 2.95. The summed E-state index contributed by atoms with van der Waals surface area (Å²) in [5, 5.41) is 3.01. The zero-order valence-corrected chi connectivity index (χ0v) is 9.69. The Morgan fingerprint density at radius 1 is 1.50 bits per heavy atom. The third-order valence-electron chi connectivity index (χ3n) is 2.78. The average Bonchev–Trinajstić information content (AvgIpc) is 2.61. The van der Waals surface area contributed by atoms with Gasteiger partial charge in [0.05, 0.1) is 23.4 Å². The molecule has 2 aromatic rings. The molecule has 0 saturated carbocycles. The third-order valence-corrected chi connectivity index (χ3v) is 2.78. The van der Waals surface area contributed by atoms with Crippen LogP contribution in [-0.4, -0.2) is 22.4 Å². The molecule has 1 N–H and O–H groups in total. The summed E-state index contributed by atoms with van der Waals surface area (Å²) < 4.78 is 1.96. The molecule has 1 aromatic heterocycles. The van der Waals surface area contributed by atoms with Crippen molar-refractivity contribution < 1.29 is 4.79 Å².